The van der Waals surface area contributed by atoms with Crippen LogP contribution in [0.2, 0.25) is 0 Å². The quantitative estimate of drug-likeness (QED) is 0.433. The highest BCUT2D eigenvalue weighted by molar-refractivity contribution is 5.79. The van der Waals surface area contributed by atoms with Crippen molar-refractivity contribution < 1.29 is 9.15 Å². The molecule has 1 aromatic heterocycles. The number of ether oxygens (including phenoxy) is 1. The maximum Gasteiger partial charge on any atom is 0.191 e. The van der Waals surface area contributed by atoms with Crippen LogP contribution in [0.1, 0.15) is 32.1 Å². The summed E-state index contributed by atoms with van der Waals surface area (Å²) in [6.45, 7) is 12.4. The molecule has 0 aliphatic heterocycles. The van der Waals surface area contributed by atoms with Crippen LogP contribution >= 0.6 is 0 Å². The summed E-state index contributed by atoms with van der Waals surface area (Å²) in [7, 11) is 0. The van der Waals surface area contributed by atoms with Crippen molar-refractivity contribution in [2.24, 2.45) is 4.99 Å². The molecule has 6 nitrogen and oxygen atoms in total. The van der Waals surface area contributed by atoms with E-state index in [1.165, 1.54) is 0 Å². The second-order valence-electron chi connectivity index (χ2n) is 6.47. The minimum absolute atomic E-state index is 0.621. The summed E-state index contributed by atoms with van der Waals surface area (Å²) < 4.78 is 11.2. The highest BCUT2D eigenvalue weighted by atomic mass is 16.5. The van der Waals surface area contributed by atoms with Crippen LogP contribution in [0.15, 0.2) is 52.1 Å². The second kappa shape index (κ2) is 12.8. The first-order chi connectivity index (χ1) is 13.7. The van der Waals surface area contributed by atoms with Gasteiger partial charge in [0.2, 0.25) is 0 Å². The number of likely N-dealkylation sites (N-methyl/N-ethyl adjacent to an activating group) is 1. The first-order valence-corrected chi connectivity index (χ1v) is 10.2. The molecule has 0 aliphatic rings. The Kier molecular flexibility index (Phi) is 10.0. The molecule has 154 valence electrons. The van der Waals surface area contributed by atoms with Crippen molar-refractivity contribution in [2.45, 2.75) is 33.7 Å². The number of guanidine groups is 1. The number of rotatable bonds is 12. The highest BCUT2D eigenvalue weighted by Crippen LogP contribution is 2.13. The van der Waals surface area contributed by atoms with Crippen molar-refractivity contribution in [2.75, 3.05) is 39.3 Å². The minimum atomic E-state index is 0.621. The first-order valence-electron chi connectivity index (χ1n) is 10.2. The predicted molar refractivity (Wildman–Crippen MR) is 115 cm³/mol. The van der Waals surface area contributed by atoms with Gasteiger partial charge in [0.1, 0.15) is 18.1 Å². The zero-order chi connectivity index (χ0) is 20.0. The molecule has 0 bridgehead atoms. The molecule has 28 heavy (non-hydrogen) atoms. The number of hydrogen-bond acceptors (Lipinski definition) is 4. The van der Waals surface area contributed by atoms with Gasteiger partial charge in [0.15, 0.2) is 5.96 Å². The molecule has 0 amide bonds. The van der Waals surface area contributed by atoms with E-state index in [4.69, 9.17) is 9.15 Å². The van der Waals surface area contributed by atoms with Crippen LogP contribution in [-0.4, -0.2) is 50.2 Å². The number of nitrogens with zero attached hydrogens (tertiary/aromatic N) is 2. The van der Waals surface area contributed by atoms with Crippen molar-refractivity contribution in [1.82, 2.24) is 15.5 Å². The fourth-order valence-corrected chi connectivity index (χ4v) is 2.79. The average molecular weight is 387 g/mol. The third kappa shape index (κ3) is 8.05. The van der Waals surface area contributed by atoms with Crippen LogP contribution < -0.4 is 15.4 Å². The van der Waals surface area contributed by atoms with Gasteiger partial charge in [0, 0.05) is 26.1 Å². The molecule has 0 fully saturated rings. The topological polar surface area (TPSA) is 62.0 Å². The lowest BCUT2D eigenvalue weighted by atomic mass is 10.2. The van der Waals surface area contributed by atoms with Crippen LogP contribution in [0.3, 0.4) is 0 Å². The summed E-state index contributed by atoms with van der Waals surface area (Å²) in [5, 5.41) is 6.61. The Bertz CT molecular complexity index is 664. The minimum Gasteiger partial charge on any atom is -0.492 e. The Balaban J connectivity index is 1.77. The third-order valence-corrected chi connectivity index (χ3v) is 4.50. The highest BCUT2D eigenvalue weighted by Gasteiger charge is 2.02. The van der Waals surface area contributed by atoms with Crippen molar-refractivity contribution in [3.8, 4) is 5.75 Å². The van der Waals surface area contributed by atoms with E-state index in [-0.39, 0.29) is 0 Å². The summed E-state index contributed by atoms with van der Waals surface area (Å²) in [5.41, 5.74) is 1.15. The Morgan fingerprint density at radius 1 is 1.07 bits per heavy atom. The van der Waals surface area contributed by atoms with Crippen LogP contribution in [0, 0.1) is 0 Å². The maximum absolute atomic E-state index is 5.84. The second-order valence-corrected chi connectivity index (χ2v) is 6.47. The molecule has 0 aliphatic carbocycles. The van der Waals surface area contributed by atoms with Gasteiger partial charge in [-0.1, -0.05) is 26.0 Å². The first kappa shape index (κ1) is 21.8. The van der Waals surface area contributed by atoms with E-state index >= 15 is 0 Å². The maximum atomic E-state index is 5.84. The number of benzene rings is 1. The summed E-state index contributed by atoms with van der Waals surface area (Å²) in [4.78, 5) is 7.01. The van der Waals surface area contributed by atoms with Crippen molar-refractivity contribution in [3.63, 3.8) is 0 Å². The van der Waals surface area contributed by atoms with Gasteiger partial charge in [-0.15, -0.1) is 0 Å². The Morgan fingerprint density at radius 3 is 2.50 bits per heavy atom. The molecule has 0 saturated heterocycles. The molecule has 2 rings (SSSR count). The van der Waals surface area contributed by atoms with Crippen molar-refractivity contribution >= 4 is 5.96 Å². The van der Waals surface area contributed by atoms with E-state index in [2.05, 4.69) is 53.4 Å². The zero-order valence-corrected chi connectivity index (χ0v) is 17.4. The molecule has 2 aromatic rings. The van der Waals surface area contributed by atoms with Crippen LogP contribution in [0.5, 0.6) is 5.75 Å². The Morgan fingerprint density at radius 2 is 1.86 bits per heavy atom. The normalized spacial score (nSPS) is 11.6. The largest absolute Gasteiger partial charge is 0.492 e. The molecule has 6 heteroatoms. The SMILES string of the molecule is CCNC(=NCc1ccc(OCCN(CC)CC)cc1)NCCc1ccco1. The van der Waals surface area contributed by atoms with Crippen LogP contribution in [0.4, 0.5) is 0 Å². The van der Waals surface area contributed by atoms with Gasteiger partial charge in [0.25, 0.3) is 0 Å². The molecule has 0 unspecified atom stereocenters. The lowest BCUT2D eigenvalue weighted by molar-refractivity contribution is 0.223. The van der Waals surface area contributed by atoms with Gasteiger partial charge >= 0.3 is 0 Å². The smallest absolute Gasteiger partial charge is 0.191 e. The van der Waals surface area contributed by atoms with E-state index in [9.17, 15) is 0 Å². The fraction of sp³-hybridized carbons (Fsp3) is 0.500. The molecule has 2 N–H and O–H groups in total. The standard InChI is InChI=1S/C22H34N4O2/c1-4-23-22(24-14-13-20-8-7-16-27-20)25-18-19-9-11-21(12-10-19)28-17-15-26(5-2)6-3/h7-12,16H,4-6,13-15,17-18H2,1-3H3,(H2,23,24,25). The predicted octanol–water partition coefficient (Wildman–Crippen LogP) is 3.30. The van der Waals surface area contributed by atoms with Gasteiger partial charge in [-0.2, -0.15) is 0 Å². The summed E-state index contributed by atoms with van der Waals surface area (Å²) in [6, 6.07) is 12.1. The lowest BCUT2D eigenvalue weighted by Gasteiger charge is -2.18. The van der Waals surface area contributed by atoms with Gasteiger partial charge in [-0.05, 0) is 49.8 Å². The zero-order valence-electron chi connectivity index (χ0n) is 17.4. The van der Waals surface area contributed by atoms with E-state index in [0.717, 1.165) is 62.2 Å². The van der Waals surface area contributed by atoms with Gasteiger partial charge in [-0.25, -0.2) is 4.99 Å². The summed E-state index contributed by atoms with van der Waals surface area (Å²) in [6.07, 6.45) is 2.53. The van der Waals surface area contributed by atoms with E-state index in [1.54, 1.807) is 6.26 Å². The number of hydrogen-bond donors (Lipinski definition) is 2. The van der Waals surface area contributed by atoms with E-state index < -0.39 is 0 Å². The van der Waals surface area contributed by atoms with Gasteiger partial charge in [-0.3, -0.25) is 0 Å². The Hall–Kier alpha value is -2.47. The molecule has 0 spiro atoms. The molecular formula is C22H34N4O2. The molecule has 0 saturated carbocycles. The fourth-order valence-electron chi connectivity index (χ4n) is 2.79. The summed E-state index contributed by atoms with van der Waals surface area (Å²) >= 11 is 0. The van der Waals surface area contributed by atoms with Crippen molar-refractivity contribution in [1.29, 1.82) is 0 Å². The summed E-state index contributed by atoms with van der Waals surface area (Å²) in [5.74, 6) is 2.69. The molecular weight excluding hydrogens is 352 g/mol. The number of furan rings is 1. The van der Waals surface area contributed by atoms with Crippen molar-refractivity contribution in [3.05, 3.63) is 54.0 Å². The molecule has 0 atom stereocenters. The van der Waals surface area contributed by atoms with Crippen LogP contribution in [-0.2, 0) is 13.0 Å². The number of nitrogens with one attached hydrogen (secondary N) is 2. The molecule has 1 aromatic carbocycles. The lowest BCUT2D eigenvalue weighted by Crippen LogP contribution is -2.38. The number of aliphatic imine (C=N–C) groups is 1. The third-order valence-electron chi connectivity index (χ3n) is 4.50. The van der Waals surface area contributed by atoms with Gasteiger partial charge < -0.3 is 24.7 Å². The van der Waals surface area contributed by atoms with Gasteiger partial charge in [0.05, 0.1) is 12.8 Å². The van der Waals surface area contributed by atoms with E-state index in [0.29, 0.717) is 13.2 Å². The average Bonchev–Trinajstić information content (AvgIpc) is 3.24. The van der Waals surface area contributed by atoms with E-state index in [1.807, 2.05) is 24.3 Å². The molecule has 1 heterocycles. The monoisotopic (exact) mass is 386 g/mol. The molecule has 0 radical (unpaired) electrons. The Labute approximate surface area is 169 Å². The van der Waals surface area contributed by atoms with Crippen LogP contribution in [0.25, 0.3) is 0 Å².